The molecule has 1 aromatic heterocycles. The first-order valence-electron chi connectivity index (χ1n) is 4.13. The average Bonchev–Trinajstić information content (AvgIpc) is 2.45. The molecule has 3 nitrogen and oxygen atoms in total. The van der Waals surface area contributed by atoms with Crippen molar-refractivity contribution in [1.29, 1.82) is 0 Å². The van der Waals surface area contributed by atoms with E-state index in [1.165, 1.54) is 0 Å². The lowest BCUT2D eigenvalue weighted by atomic mass is 10.2. The van der Waals surface area contributed by atoms with Crippen LogP contribution in [0.4, 0.5) is 0 Å². The molecule has 6 heteroatoms. The first-order chi connectivity index (χ1) is 6.96. The summed E-state index contributed by atoms with van der Waals surface area (Å²) in [6.07, 6.45) is 1.81. The van der Waals surface area contributed by atoms with Crippen molar-refractivity contribution < 1.29 is 8.42 Å². The van der Waals surface area contributed by atoms with Crippen LogP contribution in [-0.2, 0) is 14.8 Å². The fourth-order valence-corrected chi connectivity index (χ4v) is 2.82. The molecule has 0 aliphatic carbocycles. The minimum atomic E-state index is -3.50. The van der Waals surface area contributed by atoms with Gasteiger partial charge in [0.1, 0.15) is 0 Å². The number of aromatic nitrogens is 1. The number of rotatable bonds is 2. The molecule has 0 spiro atoms. The maximum absolute atomic E-state index is 10.9. The van der Waals surface area contributed by atoms with Gasteiger partial charge in [-0.3, -0.25) is 0 Å². The lowest BCUT2D eigenvalue weighted by Crippen LogP contribution is -1.94. The molecule has 0 saturated carbocycles. The maximum atomic E-state index is 10.9. The highest BCUT2D eigenvalue weighted by molar-refractivity contribution is 9.10. The van der Waals surface area contributed by atoms with E-state index in [0.717, 1.165) is 15.4 Å². The topological polar surface area (TPSA) is 49.9 Å². The van der Waals surface area contributed by atoms with Crippen LogP contribution in [0, 0.1) is 0 Å². The SMILES string of the molecule is O=S(=O)(Cl)Cc1ccc2[nH]cc(Br)c2c1. The van der Waals surface area contributed by atoms with Gasteiger partial charge in [-0.1, -0.05) is 6.07 Å². The number of fused-ring (bicyclic) bond motifs is 1. The first-order valence-corrected chi connectivity index (χ1v) is 7.41. The van der Waals surface area contributed by atoms with Crippen LogP contribution in [0.3, 0.4) is 0 Å². The molecule has 0 fully saturated rings. The molecule has 0 aliphatic rings. The van der Waals surface area contributed by atoms with E-state index in [4.69, 9.17) is 10.7 Å². The third kappa shape index (κ3) is 2.53. The van der Waals surface area contributed by atoms with E-state index in [1.54, 1.807) is 12.1 Å². The molecule has 2 rings (SSSR count). The average molecular weight is 309 g/mol. The molecule has 0 aliphatic heterocycles. The summed E-state index contributed by atoms with van der Waals surface area (Å²) in [4.78, 5) is 3.05. The van der Waals surface area contributed by atoms with Crippen LogP contribution in [0.2, 0.25) is 0 Å². The van der Waals surface area contributed by atoms with Crippen LogP contribution in [0.5, 0.6) is 0 Å². The molecule has 0 amide bonds. The number of benzene rings is 1. The van der Waals surface area contributed by atoms with E-state index in [1.807, 2.05) is 12.3 Å². The van der Waals surface area contributed by atoms with E-state index in [0.29, 0.717) is 5.56 Å². The standard InChI is InChI=1S/C9H7BrClNO2S/c10-8-4-12-9-2-1-6(3-7(8)9)5-15(11,13)14/h1-4,12H,5H2. The Kier molecular flexibility index (Phi) is 2.79. The second-order valence-corrected chi connectivity index (χ2v) is 6.83. The Bertz CT molecular complexity index is 606. The van der Waals surface area contributed by atoms with Gasteiger partial charge in [-0.05, 0) is 33.6 Å². The van der Waals surface area contributed by atoms with Crippen LogP contribution in [-0.4, -0.2) is 13.4 Å². The van der Waals surface area contributed by atoms with Crippen molar-refractivity contribution in [3.63, 3.8) is 0 Å². The highest BCUT2D eigenvalue weighted by Crippen LogP contribution is 2.25. The Morgan fingerprint density at radius 3 is 2.80 bits per heavy atom. The Balaban J connectivity index is 2.51. The zero-order valence-electron chi connectivity index (χ0n) is 7.50. The van der Waals surface area contributed by atoms with Crippen molar-refractivity contribution >= 4 is 46.6 Å². The van der Waals surface area contributed by atoms with Gasteiger partial charge >= 0.3 is 0 Å². The number of hydrogen-bond acceptors (Lipinski definition) is 2. The third-order valence-electron chi connectivity index (χ3n) is 2.03. The summed E-state index contributed by atoms with van der Waals surface area (Å²) in [6.45, 7) is 0. The van der Waals surface area contributed by atoms with Crippen LogP contribution in [0.15, 0.2) is 28.9 Å². The highest BCUT2D eigenvalue weighted by Gasteiger charge is 2.08. The number of nitrogens with one attached hydrogen (secondary N) is 1. The summed E-state index contributed by atoms with van der Waals surface area (Å²) < 4.78 is 22.7. The van der Waals surface area contributed by atoms with Gasteiger partial charge in [0.25, 0.3) is 0 Å². The van der Waals surface area contributed by atoms with Crippen LogP contribution >= 0.6 is 26.6 Å². The summed E-state index contributed by atoms with van der Waals surface area (Å²) in [5.41, 5.74) is 1.63. The molecule has 1 N–H and O–H groups in total. The largest absolute Gasteiger partial charge is 0.360 e. The van der Waals surface area contributed by atoms with E-state index < -0.39 is 9.05 Å². The molecule has 80 valence electrons. The Morgan fingerprint density at radius 1 is 1.40 bits per heavy atom. The zero-order chi connectivity index (χ0) is 11.1. The van der Waals surface area contributed by atoms with Crippen molar-refractivity contribution in [3.8, 4) is 0 Å². The van der Waals surface area contributed by atoms with Crippen LogP contribution in [0.1, 0.15) is 5.56 Å². The van der Waals surface area contributed by atoms with E-state index >= 15 is 0 Å². The minimum absolute atomic E-state index is 0.151. The molecule has 15 heavy (non-hydrogen) atoms. The summed E-state index contributed by atoms with van der Waals surface area (Å²) >= 11 is 3.37. The van der Waals surface area contributed by atoms with Crippen molar-refractivity contribution in [3.05, 3.63) is 34.4 Å². The summed E-state index contributed by atoms with van der Waals surface area (Å²) in [5, 5.41) is 0.952. The quantitative estimate of drug-likeness (QED) is 0.867. The van der Waals surface area contributed by atoms with Crippen molar-refractivity contribution in [2.45, 2.75) is 5.75 Å². The number of aromatic amines is 1. The monoisotopic (exact) mass is 307 g/mol. The van der Waals surface area contributed by atoms with Crippen LogP contribution in [0.25, 0.3) is 10.9 Å². The molecule has 0 unspecified atom stereocenters. The molecular formula is C9H7BrClNO2S. The van der Waals surface area contributed by atoms with Crippen molar-refractivity contribution in [2.75, 3.05) is 0 Å². The lowest BCUT2D eigenvalue weighted by Gasteiger charge is -1.98. The number of H-pyrrole nitrogens is 1. The molecular weight excluding hydrogens is 302 g/mol. The summed E-state index contributed by atoms with van der Waals surface area (Å²) in [5.74, 6) is -0.151. The molecule has 2 aromatic rings. The Labute approximate surface area is 100.0 Å². The fourth-order valence-electron chi connectivity index (χ4n) is 1.42. The predicted molar refractivity (Wildman–Crippen MR) is 64.5 cm³/mol. The Hall–Kier alpha value is -0.520. The van der Waals surface area contributed by atoms with Crippen molar-refractivity contribution in [1.82, 2.24) is 4.98 Å². The third-order valence-corrected chi connectivity index (χ3v) is 3.70. The maximum Gasteiger partial charge on any atom is 0.236 e. The fraction of sp³-hybridized carbons (Fsp3) is 0.111. The second kappa shape index (κ2) is 3.81. The van der Waals surface area contributed by atoms with Gasteiger partial charge < -0.3 is 4.98 Å². The number of hydrogen-bond donors (Lipinski definition) is 1. The van der Waals surface area contributed by atoms with Gasteiger partial charge in [-0.25, -0.2) is 8.42 Å². The van der Waals surface area contributed by atoms with Gasteiger partial charge in [0.2, 0.25) is 9.05 Å². The smallest absolute Gasteiger partial charge is 0.236 e. The molecule has 0 saturated heterocycles. The first kappa shape index (κ1) is 11.0. The van der Waals surface area contributed by atoms with Gasteiger partial charge in [0, 0.05) is 32.3 Å². The van der Waals surface area contributed by atoms with Gasteiger partial charge in [-0.15, -0.1) is 0 Å². The molecule has 1 aromatic carbocycles. The van der Waals surface area contributed by atoms with Gasteiger partial charge in [0.05, 0.1) is 5.75 Å². The summed E-state index contributed by atoms with van der Waals surface area (Å²) in [7, 11) is 1.69. The number of halogens is 2. The highest BCUT2D eigenvalue weighted by atomic mass is 79.9. The molecule has 0 bridgehead atoms. The molecule has 0 atom stereocenters. The van der Waals surface area contributed by atoms with Crippen LogP contribution < -0.4 is 0 Å². The van der Waals surface area contributed by atoms with E-state index in [-0.39, 0.29) is 5.75 Å². The molecule has 1 heterocycles. The van der Waals surface area contributed by atoms with Gasteiger partial charge in [0.15, 0.2) is 0 Å². The normalized spacial score (nSPS) is 12.1. The second-order valence-electron chi connectivity index (χ2n) is 3.20. The van der Waals surface area contributed by atoms with Crippen molar-refractivity contribution in [2.24, 2.45) is 0 Å². The molecule has 0 radical (unpaired) electrons. The summed E-state index contributed by atoms with van der Waals surface area (Å²) in [6, 6.07) is 5.37. The Morgan fingerprint density at radius 2 is 2.13 bits per heavy atom. The van der Waals surface area contributed by atoms with E-state index in [2.05, 4.69) is 20.9 Å². The van der Waals surface area contributed by atoms with E-state index in [9.17, 15) is 8.42 Å². The predicted octanol–water partition coefficient (Wildman–Crippen LogP) is 3.00. The zero-order valence-corrected chi connectivity index (χ0v) is 10.7. The lowest BCUT2D eigenvalue weighted by molar-refractivity contribution is 0.609. The minimum Gasteiger partial charge on any atom is -0.360 e. The van der Waals surface area contributed by atoms with Gasteiger partial charge in [-0.2, -0.15) is 0 Å².